The standard InChI is InChI=1S/C17H17ClN4O2S/c1-3-25-17-21-19-11-22(17)20-9-13-7-8-14(24-13)10-23-16-6-4-5-15(18)12(16)2/h4-9,11H,3,10H2,1-2H3/b20-9-. The van der Waals surface area contributed by atoms with Crippen molar-refractivity contribution < 1.29 is 9.15 Å². The van der Waals surface area contributed by atoms with Gasteiger partial charge in [0.05, 0.1) is 6.21 Å². The molecule has 130 valence electrons. The van der Waals surface area contributed by atoms with Gasteiger partial charge in [-0.1, -0.05) is 36.4 Å². The Balaban J connectivity index is 1.63. The van der Waals surface area contributed by atoms with Gasteiger partial charge in [0.25, 0.3) is 0 Å². The molecule has 3 aromatic rings. The van der Waals surface area contributed by atoms with Crippen LogP contribution in [0, 0.1) is 6.92 Å². The first-order valence-electron chi connectivity index (χ1n) is 7.71. The lowest BCUT2D eigenvalue weighted by atomic mass is 10.2. The second-order valence-electron chi connectivity index (χ2n) is 5.09. The third-order valence-electron chi connectivity index (χ3n) is 3.35. The van der Waals surface area contributed by atoms with Crippen LogP contribution in [0.5, 0.6) is 5.75 Å². The van der Waals surface area contributed by atoms with Crippen molar-refractivity contribution in [1.82, 2.24) is 14.9 Å². The molecule has 0 N–H and O–H groups in total. The summed E-state index contributed by atoms with van der Waals surface area (Å²) in [6.45, 7) is 4.29. The minimum atomic E-state index is 0.318. The number of rotatable bonds is 7. The molecule has 0 aliphatic carbocycles. The van der Waals surface area contributed by atoms with E-state index in [2.05, 4.69) is 15.3 Å². The summed E-state index contributed by atoms with van der Waals surface area (Å²) in [5.41, 5.74) is 0.908. The molecule has 8 heteroatoms. The number of halogens is 1. The van der Waals surface area contributed by atoms with E-state index in [4.69, 9.17) is 20.8 Å². The highest BCUT2D eigenvalue weighted by Crippen LogP contribution is 2.26. The Morgan fingerprint density at radius 2 is 2.24 bits per heavy atom. The van der Waals surface area contributed by atoms with Crippen molar-refractivity contribution in [3.05, 3.63) is 58.8 Å². The Bertz CT molecular complexity index is 875. The van der Waals surface area contributed by atoms with Crippen LogP contribution >= 0.6 is 23.4 Å². The van der Waals surface area contributed by atoms with Gasteiger partial charge in [-0.05, 0) is 36.9 Å². The maximum atomic E-state index is 6.09. The zero-order valence-corrected chi connectivity index (χ0v) is 15.4. The highest BCUT2D eigenvalue weighted by Gasteiger charge is 2.06. The molecule has 0 aliphatic rings. The average molecular weight is 377 g/mol. The van der Waals surface area contributed by atoms with E-state index in [1.54, 1.807) is 29.0 Å². The van der Waals surface area contributed by atoms with Crippen LogP contribution in [0.25, 0.3) is 0 Å². The molecule has 0 saturated heterocycles. The van der Waals surface area contributed by atoms with Crippen molar-refractivity contribution in [3.8, 4) is 5.75 Å². The molecule has 0 bridgehead atoms. The fraction of sp³-hybridized carbons (Fsp3) is 0.235. The van der Waals surface area contributed by atoms with Gasteiger partial charge in [-0.2, -0.15) is 9.78 Å². The van der Waals surface area contributed by atoms with Crippen LogP contribution in [0.2, 0.25) is 5.02 Å². The molecular formula is C17H17ClN4O2S. The van der Waals surface area contributed by atoms with Crippen molar-refractivity contribution in [2.24, 2.45) is 5.10 Å². The topological polar surface area (TPSA) is 65.4 Å². The molecule has 0 fully saturated rings. The predicted octanol–water partition coefficient (Wildman–Crippen LogP) is 4.41. The summed E-state index contributed by atoms with van der Waals surface area (Å²) in [5, 5.41) is 13.6. The minimum Gasteiger partial charge on any atom is -0.485 e. The number of aromatic nitrogens is 3. The van der Waals surface area contributed by atoms with Crippen molar-refractivity contribution in [2.45, 2.75) is 25.6 Å². The fourth-order valence-corrected chi connectivity index (χ4v) is 2.83. The number of furan rings is 1. The normalized spacial score (nSPS) is 11.3. The van der Waals surface area contributed by atoms with Crippen LogP contribution in [-0.2, 0) is 6.61 Å². The Kier molecular flexibility index (Phi) is 5.78. The van der Waals surface area contributed by atoms with Gasteiger partial charge in [-0.15, -0.1) is 10.2 Å². The van der Waals surface area contributed by atoms with Gasteiger partial charge in [-0.3, -0.25) is 0 Å². The molecule has 3 rings (SSSR count). The molecular weight excluding hydrogens is 360 g/mol. The monoisotopic (exact) mass is 376 g/mol. The summed E-state index contributed by atoms with van der Waals surface area (Å²) in [7, 11) is 0. The lowest BCUT2D eigenvalue weighted by molar-refractivity contribution is 0.268. The first-order chi connectivity index (χ1) is 12.2. The van der Waals surface area contributed by atoms with Gasteiger partial charge in [0.2, 0.25) is 5.16 Å². The largest absolute Gasteiger partial charge is 0.485 e. The molecule has 2 aromatic heterocycles. The predicted molar refractivity (Wildman–Crippen MR) is 98.6 cm³/mol. The molecule has 0 unspecified atom stereocenters. The SMILES string of the molecule is CCSc1nncn1/N=C\c1ccc(COc2cccc(Cl)c2C)o1. The lowest BCUT2D eigenvalue weighted by Crippen LogP contribution is -1.96. The molecule has 0 amide bonds. The number of hydrogen-bond acceptors (Lipinski definition) is 6. The average Bonchev–Trinajstić information content (AvgIpc) is 3.24. The lowest BCUT2D eigenvalue weighted by Gasteiger charge is -2.08. The van der Waals surface area contributed by atoms with Crippen molar-refractivity contribution >= 4 is 29.6 Å². The molecule has 1 aromatic carbocycles. The van der Waals surface area contributed by atoms with Crippen LogP contribution < -0.4 is 4.74 Å². The summed E-state index contributed by atoms with van der Waals surface area (Å²) in [6, 6.07) is 9.27. The fourth-order valence-electron chi connectivity index (χ4n) is 2.08. The van der Waals surface area contributed by atoms with Crippen LogP contribution in [0.4, 0.5) is 0 Å². The highest BCUT2D eigenvalue weighted by atomic mass is 35.5. The number of benzene rings is 1. The van der Waals surface area contributed by atoms with Gasteiger partial charge < -0.3 is 9.15 Å². The first kappa shape index (κ1) is 17.6. The van der Waals surface area contributed by atoms with Crippen molar-refractivity contribution in [2.75, 3.05) is 5.75 Å². The van der Waals surface area contributed by atoms with Gasteiger partial charge in [0.15, 0.2) is 0 Å². The smallest absolute Gasteiger partial charge is 0.211 e. The van der Waals surface area contributed by atoms with E-state index in [9.17, 15) is 0 Å². The van der Waals surface area contributed by atoms with Crippen LogP contribution in [-0.4, -0.2) is 26.8 Å². The number of hydrogen-bond donors (Lipinski definition) is 0. The van der Waals surface area contributed by atoms with Crippen molar-refractivity contribution in [1.29, 1.82) is 0 Å². The van der Waals surface area contributed by atoms with E-state index >= 15 is 0 Å². The van der Waals surface area contributed by atoms with Gasteiger partial charge in [-0.25, -0.2) is 0 Å². The number of thioether (sulfide) groups is 1. The zero-order chi connectivity index (χ0) is 17.6. The van der Waals surface area contributed by atoms with Gasteiger partial charge in [0, 0.05) is 10.6 Å². The third-order valence-corrected chi connectivity index (χ3v) is 4.58. The summed E-state index contributed by atoms with van der Waals surface area (Å²) in [5.74, 6) is 2.97. The molecule has 2 heterocycles. The maximum Gasteiger partial charge on any atom is 0.211 e. The number of nitrogens with zero attached hydrogens (tertiary/aromatic N) is 4. The van der Waals surface area contributed by atoms with E-state index in [1.165, 1.54) is 0 Å². The quantitative estimate of drug-likeness (QED) is 0.451. The van der Waals surface area contributed by atoms with Gasteiger partial charge >= 0.3 is 0 Å². The summed E-state index contributed by atoms with van der Waals surface area (Å²) < 4.78 is 13.1. The van der Waals surface area contributed by atoms with Crippen LogP contribution in [0.1, 0.15) is 24.0 Å². The van der Waals surface area contributed by atoms with E-state index in [1.807, 2.05) is 44.2 Å². The van der Waals surface area contributed by atoms with E-state index in [0.29, 0.717) is 23.2 Å². The molecule has 6 nitrogen and oxygen atoms in total. The zero-order valence-electron chi connectivity index (χ0n) is 13.8. The third kappa shape index (κ3) is 4.43. The van der Waals surface area contributed by atoms with Gasteiger partial charge in [0.1, 0.15) is 30.2 Å². The second-order valence-corrected chi connectivity index (χ2v) is 6.73. The van der Waals surface area contributed by atoms with Crippen LogP contribution in [0.3, 0.4) is 0 Å². The summed E-state index contributed by atoms with van der Waals surface area (Å²) >= 11 is 7.66. The first-order valence-corrected chi connectivity index (χ1v) is 9.07. The summed E-state index contributed by atoms with van der Waals surface area (Å²) in [6.07, 6.45) is 3.18. The summed E-state index contributed by atoms with van der Waals surface area (Å²) in [4.78, 5) is 0. The molecule has 0 saturated carbocycles. The Hall–Kier alpha value is -2.25. The molecule has 0 spiro atoms. The van der Waals surface area contributed by atoms with E-state index in [0.717, 1.165) is 22.2 Å². The molecule has 25 heavy (non-hydrogen) atoms. The molecule has 0 radical (unpaired) electrons. The molecule has 0 aliphatic heterocycles. The second kappa shape index (κ2) is 8.22. The van der Waals surface area contributed by atoms with E-state index in [-0.39, 0.29) is 0 Å². The Labute approximate surface area is 154 Å². The Morgan fingerprint density at radius 3 is 3.08 bits per heavy atom. The molecule has 0 atom stereocenters. The maximum absolute atomic E-state index is 6.09. The Morgan fingerprint density at radius 1 is 1.36 bits per heavy atom. The number of ether oxygens (including phenoxy) is 1. The van der Waals surface area contributed by atoms with E-state index < -0.39 is 0 Å². The van der Waals surface area contributed by atoms with Crippen LogP contribution in [0.15, 0.2) is 51.3 Å². The highest BCUT2D eigenvalue weighted by molar-refractivity contribution is 7.99. The minimum absolute atomic E-state index is 0.318. The van der Waals surface area contributed by atoms with Crippen molar-refractivity contribution in [3.63, 3.8) is 0 Å².